The van der Waals surface area contributed by atoms with Gasteiger partial charge in [0, 0.05) is 18.0 Å². The maximum absolute atomic E-state index is 13.1. The summed E-state index contributed by atoms with van der Waals surface area (Å²) < 4.78 is 40.4. The number of halogens is 3. The smallest absolute Gasteiger partial charge is 0.389 e. The fraction of sp³-hybridized carbons (Fsp3) is 0.176. The van der Waals surface area contributed by atoms with Crippen LogP contribution in [0, 0.1) is 0 Å². The van der Waals surface area contributed by atoms with E-state index in [9.17, 15) is 18.3 Å². The Balaban J connectivity index is 2.13. The molecule has 0 saturated carbocycles. The molecule has 4 nitrogen and oxygen atoms in total. The molecule has 24 heavy (non-hydrogen) atoms. The number of rotatable bonds is 3. The van der Waals surface area contributed by atoms with Crippen molar-refractivity contribution >= 4 is 0 Å². The molecule has 1 unspecified atom stereocenters. The van der Waals surface area contributed by atoms with Crippen molar-refractivity contribution < 1.29 is 18.3 Å². The first-order chi connectivity index (χ1) is 11.4. The average molecular weight is 333 g/mol. The topological polar surface area (TPSA) is 50.9 Å². The average Bonchev–Trinajstić information content (AvgIpc) is 3.01. The molecule has 0 spiro atoms. The van der Waals surface area contributed by atoms with Gasteiger partial charge in [-0.3, -0.25) is 4.98 Å². The Hall–Kier alpha value is -2.67. The summed E-state index contributed by atoms with van der Waals surface area (Å²) in [7, 11) is 0. The fourth-order valence-corrected chi connectivity index (χ4v) is 2.34. The van der Waals surface area contributed by atoms with E-state index in [1.807, 2.05) is 0 Å². The molecule has 0 bridgehead atoms. The lowest BCUT2D eigenvalue weighted by atomic mass is 10.1. The van der Waals surface area contributed by atoms with E-state index < -0.39 is 18.0 Å². The Morgan fingerprint density at radius 1 is 1.04 bits per heavy atom. The Labute approximate surface area is 136 Å². The molecule has 0 aliphatic carbocycles. The van der Waals surface area contributed by atoms with Crippen LogP contribution in [0.5, 0.6) is 0 Å². The van der Waals surface area contributed by atoms with Gasteiger partial charge in [0.1, 0.15) is 0 Å². The molecule has 3 aromatic rings. The van der Waals surface area contributed by atoms with E-state index in [4.69, 9.17) is 0 Å². The quantitative estimate of drug-likeness (QED) is 0.788. The molecule has 3 rings (SSSR count). The summed E-state index contributed by atoms with van der Waals surface area (Å²) in [5.74, 6) is 0. The molecule has 1 N–H and O–H groups in total. The minimum absolute atomic E-state index is 0.314. The normalized spacial score (nSPS) is 13.0. The van der Waals surface area contributed by atoms with E-state index in [1.54, 1.807) is 43.3 Å². The number of alkyl halides is 3. The van der Waals surface area contributed by atoms with Crippen molar-refractivity contribution in [1.29, 1.82) is 0 Å². The van der Waals surface area contributed by atoms with E-state index in [2.05, 4.69) is 10.1 Å². The molecule has 0 aliphatic heterocycles. The number of pyridine rings is 1. The van der Waals surface area contributed by atoms with Gasteiger partial charge >= 0.3 is 6.18 Å². The fourth-order valence-electron chi connectivity index (χ4n) is 2.34. The van der Waals surface area contributed by atoms with Crippen LogP contribution >= 0.6 is 0 Å². The SMILES string of the molecule is CC(O)c1ccc(-n2nc(C(F)(F)F)cc2-c2ccncc2)cc1. The van der Waals surface area contributed by atoms with Crippen molar-refractivity contribution in [3.8, 4) is 16.9 Å². The molecule has 124 valence electrons. The first kappa shape index (κ1) is 16.2. The minimum atomic E-state index is -4.54. The summed E-state index contributed by atoms with van der Waals surface area (Å²) in [5, 5.41) is 13.3. The van der Waals surface area contributed by atoms with Crippen LogP contribution in [0.2, 0.25) is 0 Å². The summed E-state index contributed by atoms with van der Waals surface area (Å²) in [4.78, 5) is 3.88. The van der Waals surface area contributed by atoms with Gasteiger partial charge in [0.05, 0.1) is 17.5 Å². The zero-order valence-corrected chi connectivity index (χ0v) is 12.7. The molecule has 1 aromatic carbocycles. The molecule has 2 heterocycles. The molecule has 0 amide bonds. The van der Waals surface area contributed by atoms with E-state index in [0.717, 1.165) is 6.07 Å². The summed E-state index contributed by atoms with van der Waals surface area (Å²) >= 11 is 0. The Bertz CT molecular complexity index is 825. The summed E-state index contributed by atoms with van der Waals surface area (Å²) in [6.07, 6.45) is -2.17. The van der Waals surface area contributed by atoms with Crippen LogP contribution in [0.25, 0.3) is 16.9 Å². The minimum Gasteiger partial charge on any atom is -0.389 e. The van der Waals surface area contributed by atoms with Crippen LogP contribution in [-0.2, 0) is 6.18 Å². The third kappa shape index (κ3) is 3.16. The largest absolute Gasteiger partial charge is 0.435 e. The molecular formula is C17H14F3N3O. The number of aliphatic hydroxyl groups is 1. The van der Waals surface area contributed by atoms with Crippen molar-refractivity contribution in [2.45, 2.75) is 19.2 Å². The molecule has 7 heteroatoms. The molecule has 0 fully saturated rings. The highest BCUT2D eigenvalue weighted by molar-refractivity contribution is 5.62. The number of nitrogens with zero attached hydrogens (tertiary/aromatic N) is 3. The van der Waals surface area contributed by atoms with E-state index in [-0.39, 0.29) is 0 Å². The van der Waals surface area contributed by atoms with Gasteiger partial charge in [-0.15, -0.1) is 0 Å². The molecule has 1 atom stereocenters. The van der Waals surface area contributed by atoms with E-state index in [1.165, 1.54) is 17.1 Å². The standard InChI is InChI=1S/C17H14F3N3O/c1-11(24)12-2-4-14(5-3-12)23-15(13-6-8-21-9-7-13)10-16(22-23)17(18,19)20/h2-11,24H,1H3. The van der Waals surface area contributed by atoms with Crippen LogP contribution in [0.4, 0.5) is 13.2 Å². The van der Waals surface area contributed by atoms with Crippen molar-refractivity contribution in [2.24, 2.45) is 0 Å². The summed E-state index contributed by atoms with van der Waals surface area (Å²) in [6.45, 7) is 1.62. The number of aliphatic hydroxyl groups excluding tert-OH is 1. The van der Waals surface area contributed by atoms with Crippen LogP contribution in [0.3, 0.4) is 0 Å². The molecular weight excluding hydrogens is 319 g/mol. The van der Waals surface area contributed by atoms with Crippen LogP contribution in [0.1, 0.15) is 24.3 Å². The maximum Gasteiger partial charge on any atom is 0.435 e. The Morgan fingerprint density at radius 2 is 1.67 bits per heavy atom. The zero-order chi connectivity index (χ0) is 17.3. The van der Waals surface area contributed by atoms with Gasteiger partial charge in [-0.2, -0.15) is 18.3 Å². The van der Waals surface area contributed by atoms with Gasteiger partial charge in [0.15, 0.2) is 5.69 Å². The van der Waals surface area contributed by atoms with Gasteiger partial charge in [-0.05, 0) is 42.8 Å². The van der Waals surface area contributed by atoms with Crippen LogP contribution < -0.4 is 0 Å². The molecule has 0 radical (unpaired) electrons. The van der Waals surface area contributed by atoms with Crippen molar-refractivity contribution in [2.75, 3.05) is 0 Å². The second-order valence-electron chi connectivity index (χ2n) is 5.33. The van der Waals surface area contributed by atoms with Gasteiger partial charge < -0.3 is 5.11 Å². The van der Waals surface area contributed by atoms with Gasteiger partial charge in [-0.1, -0.05) is 12.1 Å². The van der Waals surface area contributed by atoms with Crippen molar-refractivity contribution in [3.63, 3.8) is 0 Å². The third-order valence-electron chi connectivity index (χ3n) is 3.60. The zero-order valence-electron chi connectivity index (χ0n) is 12.7. The van der Waals surface area contributed by atoms with Gasteiger partial charge in [0.25, 0.3) is 0 Å². The molecule has 2 aromatic heterocycles. The van der Waals surface area contributed by atoms with Gasteiger partial charge in [-0.25, -0.2) is 4.68 Å². The third-order valence-corrected chi connectivity index (χ3v) is 3.60. The van der Waals surface area contributed by atoms with Crippen molar-refractivity contribution in [3.05, 3.63) is 66.1 Å². The summed E-state index contributed by atoms with van der Waals surface area (Å²) in [5.41, 5.74) is 1.07. The van der Waals surface area contributed by atoms with Crippen molar-refractivity contribution in [1.82, 2.24) is 14.8 Å². The van der Waals surface area contributed by atoms with Gasteiger partial charge in [0.2, 0.25) is 0 Å². The van der Waals surface area contributed by atoms with Crippen LogP contribution in [-0.4, -0.2) is 19.9 Å². The highest BCUT2D eigenvalue weighted by Gasteiger charge is 2.35. The monoisotopic (exact) mass is 333 g/mol. The van der Waals surface area contributed by atoms with E-state index in [0.29, 0.717) is 22.5 Å². The highest BCUT2D eigenvalue weighted by atomic mass is 19.4. The van der Waals surface area contributed by atoms with E-state index >= 15 is 0 Å². The Morgan fingerprint density at radius 3 is 2.21 bits per heavy atom. The first-order valence-corrected chi connectivity index (χ1v) is 7.22. The number of hydrogen-bond acceptors (Lipinski definition) is 3. The number of hydrogen-bond donors (Lipinski definition) is 1. The predicted octanol–water partition coefficient (Wildman–Crippen LogP) is 4.01. The lowest BCUT2D eigenvalue weighted by Crippen LogP contribution is -2.07. The molecule has 0 aliphatic rings. The Kier molecular flexibility index (Phi) is 4.11. The lowest BCUT2D eigenvalue weighted by molar-refractivity contribution is -0.141. The lowest BCUT2D eigenvalue weighted by Gasteiger charge is -2.09. The number of benzene rings is 1. The first-order valence-electron chi connectivity index (χ1n) is 7.22. The second kappa shape index (κ2) is 6.09. The molecule has 0 saturated heterocycles. The number of aromatic nitrogens is 3. The highest BCUT2D eigenvalue weighted by Crippen LogP contribution is 2.33. The summed E-state index contributed by atoms with van der Waals surface area (Å²) in [6, 6.07) is 10.8. The van der Waals surface area contributed by atoms with Crippen LogP contribution in [0.15, 0.2) is 54.9 Å². The predicted molar refractivity (Wildman–Crippen MR) is 82.4 cm³/mol. The second-order valence-corrected chi connectivity index (χ2v) is 5.33. The maximum atomic E-state index is 13.1.